The zero-order valence-corrected chi connectivity index (χ0v) is 12.5. The molecule has 0 saturated heterocycles. The normalized spacial score (nSPS) is 11.5. The van der Waals surface area contributed by atoms with Crippen molar-refractivity contribution in [3.05, 3.63) is 46.4 Å². The first-order valence-electron chi connectivity index (χ1n) is 6.49. The summed E-state index contributed by atoms with van der Waals surface area (Å²) in [6, 6.07) is 4.98. The largest absolute Gasteiger partial charge is 0.461 e. The third-order valence-corrected chi connectivity index (χ3v) is 3.42. The maximum atomic E-state index is 13.0. The van der Waals surface area contributed by atoms with Crippen LogP contribution >= 0.6 is 11.3 Å². The van der Waals surface area contributed by atoms with Crippen molar-refractivity contribution in [2.45, 2.75) is 19.0 Å². The van der Waals surface area contributed by atoms with Gasteiger partial charge in [0.1, 0.15) is 5.75 Å². The summed E-state index contributed by atoms with van der Waals surface area (Å²) in [6.45, 7) is 0.224. The van der Waals surface area contributed by atoms with Gasteiger partial charge in [-0.05, 0) is 12.1 Å². The molecule has 1 aromatic heterocycles. The summed E-state index contributed by atoms with van der Waals surface area (Å²) in [5.74, 6) is -1.30. The van der Waals surface area contributed by atoms with E-state index >= 15 is 0 Å². The van der Waals surface area contributed by atoms with Crippen LogP contribution in [-0.2, 0) is 6.42 Å². The SMILES string of the molecule is O=C(NCCc1cscn1)c1ccccc1OC(F)(F)C(F)F. The van der Waals surface area contributed by atoms with Gasteiger partial charge in [-0.3, -0.25) is 4.79 Å². The number of thiazole rings is 1. The van der Waals surface area contributed by atoms with E-state index in [1.54, 1.807) is 5.51 Å². The van der Waals surface area contributed by atoms with Gasteiger partial charge in [0.25, 0.3) is 5.91 Å². The molecule has 1 N–H and O–H groups in total. The van der Waals surface area contributed by atoms with Crippen LogP contribution in [0.5, 0.6) is 5.75 Å². The monoisotopic (exact) mass is 348 g/mol. The highest BCUT2D eigenvalue weighted by atomic mass is 32.1. The smallest absolute Gasteiger partial charge is 0.427 e. The van der Waals surface area contributed by atoms with Crippen LogP contribution in [-0.4, -0.2) is 30.0 Å². The van der Waals surface area contributed by atoms with E-state index in [1.807, 2.05) is 5.38 Å². The van der Waals surface area contributed by atoms with Crippen molar-refractivity contribution in [3.8, 4) is 5.75 Å². The summed E-state index contributed by atoms with van der Waals surface area (Å²) in [4.78, 5) is 16.0. The van der Waals surface area contributed by atoms with Gasteiger partial charge in [0.2, 0.25) is 0 Å². The van der Waals surface area contributed by atoms with Gasteiger partial charge in [-0.25, -0.2) is 4.98 Å². The second kappa shape index (κ2) is 7.40. The molecule has 1 aromatic carbocycles. The molecule has 0 radical (unpaired) electrons. The average Bonchev–Trinajstić information content (AvgIpc) is 3.00. The number of nitrogens with zero attached hydrogens (tertiary/aromatic N) is 1. The number of ether oxygens (including phenoxy) is 1. The predicted octanol–water partition coefficient (Wildman–Crippen LogP) is 3.35. The maximum Gasteiger partial charge on any atom is 0.461 e. The predicted molar refractivity (Wildman–Crippen MR) is 76.2 cm³/mol. The minimum Gasteiger partial charge on any atom is -0.427 e. The average molecular weight is 348 g/mol. The first kappa shape index (κ1) is 17.2. The van der Waals surface area contributed by atoms with E-state index in [9.17, 15) is 22.4 Å². The molecule has 23 heavy (non-hydrogen) atoms. The molecule has 0 aliphatic rings. The summed E-state index contributed by atoms with van der Waals surface area (Å²) < 4.78 is 54.4. The number of para-hydroxylation sites is 1. The lowest BCUT2D eigenvalue weighted by molar-refractivity contribution is -0.253. The Hall–Kier alpha value is -2.16. The lowest BCUT2D eigenvalue weighted by atomic mass is 10.2. The summed E-state index contributed by atoms with van der Waals surface area (Å²) in [5, 5.41) is 4.32. The second-order valence-electron chi connectivity index (χ2n) is 4.45. The van der Waals surface area contributed by atoms with Crippen LogP contribution in [0.4, 0.5) is 17.6 Å². The minimum atomic E-state index is -4.67. The Morgan fingerprint density at radius 2 is 2.09 bits per heavy atom. The fourth-order valence-corrected chi connectivity index (χ4v) is 2.29. The lowest BCUT2D eigenvalue weighted by Gasteiger charge is -2.18. The first-order valence-corrected chi connectivity index (χ1v) is 7.43. The molecule has 0 fully saturated rings. The zero-order valence-electron chi connectivity index (χ0n) is 11.6. The highest BCUT2D eigenvalue weighted by molar-refractivity contribution is 7.07. The zero-order chi connectivity index (χ0) is 16.9. The molecule has 4 nitrogen and oxygen atoms in total. The van der Waals surface area contributed by atoms with Crippen LogP contribution in [0.15, 0.2) is 35.2 Å². The van der Waals surface area contributed by atoms with E-state index in [-0.39, 0.29) is 12.1 Å². The Kier molecular flexibility index (Phi) is 5.54. The Morgan fingerprint density at radius 1 is 1.35 bits per heavy atom. The third kappa shape index (κ3) is 4.65. The van der Waals surface area contributed by atoms with Crippen LogP contribution in [0.1, 0.15) is 16.1 Å². The molecule has 124 valence electrons. The van der Waals surface area contributed by atoms with Crippen molar-refractivity contribution in [1.82, 2.24) is 10.3 Å². The number of nitrogens with one attached hydrogen (secondary N) is 1. The summed E-state index contributed by atoms with van der Waals surface area (Å²) in [6.07, 6.45) is -8.20. The number of rotatable bonds is 7. The number of aromatic nitrogens is 1. The summed E-state index contributed by atoms with van der Waals surface area (Å²) >= 11 is 1.41. The molecular formula is C14H12F4N2O2S. The molecule has 0 bridgehead atoms. The highest BCUT2D eigenvalue weighted by Crippen LogP contribution is 2.29. The molecular weight excluding hydrogens is 336 g/mol. The van der Waals surface area contributed by atoms with Crippen molar-refractivity contribution < 1.29 is 27.1 Å². The second-order valence-corrected chi connectivity index (χ2v) is 5.17. The number of hydrogen-bond donors (Lipinski definition) is 1. The molecule has 0 saturated carbocycles. The summed E-state index contributed by atoms with van der Waals surface area (Å²) in [7, 11) is 0. The molecule has 0 aliphatic heterocycles. The number of hydrogen-bond acceptors (Lipinski definition) is 4. The molecule has 2 rings (SSSR count). The first-order chi connectivity index (χ1) is 10.9. The van der Waals surface area contributed by atoms with Crippen molar-refractivity contribution >= 4 is 17.2 Å². The molecule has 1 amide bonds. The fraction of sp³-hybridized carbons (Fsp3) is 0.286. The number of halogens is 4. The van der Waals surface area contributed by atoms with E-state index in [4.69, 9.17) is 0 Å². The van der Waals surface area contributed by atoms with E-state index in [1.165, 1.54) is 29.5 Å². The van der Waals surface area contributed by atoms with Crippen LogP contribution in [0.2, 0.25) is 0 Å². The Labute approximate surface area is 133 Å². The third-order valence-electron chi connectivity index (χ3n) is 2.78. The van der Waals surface area contributed by atoms with Gasteiger partial charge in [0.05, 0.1) is 16.8 Å². The van der Waals surface area contributed by atoms with Gasteiger partial charge in [-0.1, -0.05) is 12.1 Å². The van der Waals surface area contributed by atoms with E-state index in [0.717, 1.165) is 11.8 Å². The van der Waals surface area contributed by atoms with Gasteiger partial charge in [-0.2, -0.15) is 17.6 Å². The number of amides is 1. The van der Waals surface area contributed by atoms with Crippen molar-refractivity contribution in [3.63, 3.8) is 0 Å². The number of carbonyl (C=O) groups excluding carboxylic acids is 1. The van der Waals surface area contributed by atoms with Crippen LogP contribution in [0.25, 0.3) is 0 Å². The van der Waals surface area contributed by atoms with E-state index in [2.05, 4.69) is 15.0 Å². The molecule has 0 atom stereocenters. The Morgan fingerprint density at radius 3 is 2.74 bits per heavy atom. The Bertz CT molecular complexity index is 650. The standard InChI is InChI=1S/C14H12F4N2O2S/c15-13(16)14(17,18)22-11-4-2-1-3-10(11)12(21)19-6-5-9-7-23-8-20-9/h1-4,7-8,13H,5-6H2,(H,19,21). The maximum absolute atomic E-state index is 13.0. The molecule has 0 unspecified atom stereocenters. The van der Waals surface area contributed by atoms with E-state index in [0.29, 0.717) is 6.42 Å². The van der Waals surface area contributed by atoms with Crippen molar-refractivity contribution in [2.24, 2.45) is 0 Å². The van der Waals surface area contributed by atoms with Crippen LogP contribution in [0, 0.1) is 0 Å². The van der Waals surface area contributed by atoms with Gasteiger partial charge in [0.15, 0.2) is 0 Å². The highest BCUT2D eigenvalue weighted by Gasteiger charge is 2.44. The van der Waals surface area contributed by atoms with Gasteiger partial charge in [0, 0.05) is 18.3 Å². The van der Waals surface area contributed by atoms with Crippen molar-refractivity contribution in [1.29, 1.82) is 0 Å². The Balaban J connectivity index is 2.02. The molecule has 0 spiro atoms. The van der Waals surface area contributed by atoms with Crippen molar-refractivity contribution in [2.75, 3.05) is 6.54 Å². The van der Waals surface area contributed by atoms with Crippen LogP contribution in [0.3, 0.4) is 0 Å². The van der Waals surface area contributed by atoms with Gasteiger partial charge < -0.3 is 10.1 Å². The number of alkyl halides is 4. The van der Waals surface area contributed by atoms with Crippen LogP contribution < -0.4 is 10.1 Å². The van der Waals surface area contributed by atoms with Gasteiger partial charge in [-0.15, -0.1) is 11.3 Å². The molecule has 9 heteroatoms. The number of carbonyl (C=O) groups is 1. The fourth-order valence-electron chi connectivity index (χ4n) is 1.69. The lowest BCUT2D eigenvalue weighted by Crippen LogP contribution is -2.34. The molecule has 2 aromatic rings. The molecule has 0 aliphatic carbocycles. The van der Waals surface area contributed by atoms with Gasteiger partial charge >= 0.3 is 12.5 Å². The minimum absolute atomic E-state index is 0.224. The quantitative estimate of drug-likeness (QED) is 0.781. The summed E-state index contributed by atoms with van der Waals surface area (Å²) in [5.41, 5.74) is 2.18. The molecule has 1 heterocycles. The van der Waals surface area contributed by atoms with E-state index < -0.39 is 24.2 Å². The number of benzene rings is 1. The topological polar surface area (TPSA) is 51.2 Å².